The molecule has 1 aromatic rings. The summed E-state index contributed by atoms with van der Waals surface area (Å²) in [7, 11) is 0. The third kappa shape index (κ3) is 3.51. The first-order valence-electron chi connectivity index (χ1n) is 7.40. The summed E-state index contributed by atoms with van der Waals surface area (Å²) in [6.07, 6.45) is -0.0240. The minimum Gasteiger partial charge on any atom is -0.482 e. The summed E-state index contributed by atoms with van der Waals surface area (Å²) < 4.78 is 11.0. The maximum atomic E-state index is 12.4. The molecule has 1 aromatic carbocycles. The fourth-order valence-electron chi connectivity index (χ4n) is 2.73. The Balaban J connectivity index is 1.75. The molecule has 2 unspecified atom stereocenters. The number of carbonyl (C=O) groups excluding carboxylic acids is 2. The van der Waals surface area contributed by atoms with Gasteiger partial charge in [-0.3, -0.25) is 4.79 Å². The molecule has 0 spiro atoms. The molecular weight excluding hydrogens is 322 g/mol. The van der Waals surface area contributed by atoms with Gasteiger partial charge >= 0.3 is 6.03 Å². The Bertz CT molecular complexity index is 642. The van der Waals surface area contributed by atoms with Crippen molar-refractivity contribution in [2.75, 3.05) is 30.3 Å². The third-order valence-electron chi connectivity index (χ3n) is 3.65. The summed E-state index contributed by atoms with van der Waals surface area (Å²) in [4.78, 5) is 25.4. The normalized spacial score (nSPS) is 23.6. The maximum absolute atomic E-state index is 12.4. The van der Waals surface area contributed by atoms with Gasteiger partial charge in [-0.15, -0.1) is 0 Å². The molecule has 1 saturated heterocycles. The van der Waals surface area contributed by atoms with E-state index in [-0.39, 0.29) is 30.8 Å². The average Bonchev–Trinajstić information content (AvgIpc) is 2.47. The van der Waals surface area contributed by atoms with E-state index in [2.05, 4.69) is 10.6 Å². The summed E-state index contributed by atoms with van der Waals surface area (Å²) >= 11 is 6.18. The van der Waals surface area contributed by atoms with Crippen LogP contribution in [-0.4, -0.2) is 48.7 Å². The number of fused-ring (bicyclic) bond motifs is 1. The first-order valence-corrected chi connectivity index (χ1v) is 7.77. The Morgan fingerprint density at radius 3 is 2.74 bits per heavy atom. The van der Waals surface area contributed by atoms with Crippen molar-refractivity contribution >= 4 is 34.9 Å². The van der Waals surface area contributed by atoms with Crippen molar-refractivity contribution in [1.82, 2.24) is 4.90 Å². The summed E-state index contributed by atoms with van der Waals surface area (Å²) in [5, 5.41) is 5.79. The van der Waals surface area contributed by atoms with Crippen LogP contribution in [0.3, 0.4) is 0 Å². The molecule has 8 heteroatoms. The first kappa shape index (κ1) is 15.9. The molecule has 1 fully saturated rings. The molecule has 3 rings (SSSR count). The largest absolute Gasteiger partial charge is 0.482 e. The SMILES string of the molecule is CC1CN(C(=O)Nc2cc3c(cc2Cl)NC(=O)CO3)CC(C)O1. The van der Waals surface area contributed by atoms with Gasteiger partial charge in [-0.1, -0.05) is 11.6 Å². The minimum absolute atomic E-state index is 0.0120. The Labute approximate surface area is 138 Å². The number of amides is 3. The quantitative estimate of drug-likeness (QED) is 0.823. The molecular formula is C15H18ClN3O4. The molecule has 2 aliphatic rings. The number of nitrogens with zero attached hydrogens (tertiary/aromatic N) is 1. The maximum Gasteiger partial charge on any atom is 0.322 e. The zero-order chi connectivity index (χ0) is 16.6. The van der Waals surface area contributed by atoms with Crippen molar-refractivity contribution in [1.29, 1.82) is 0 Å². The van der Waals surface area contributed by atoms with Gasteiger partial charge < -0.3 is 25.0 Å². The van der Waals surface area contributed by atoms with E-state index in [1.54, 1.807) is 17.0 Å². The highest BCUT2D eigenvalue weighted by Crippen LogP contribution is 2.36. The molecule has 2 aliphatic heterocycles. The standard InChI is InChI=1S/C15H18ClN3O4/c1-8-5-19(6-9(2)23-8)15(21)18-11-4-13-12(3-10(11)16)17-14(20)7-22-13/h3-4,8-9H,5-7H2,1-2H3,(H,17,20)(H,18,21). The molecule has 7 nitrogen and oxygen atoms in total. The van der Waals surface area contributed by atoms with E-state index in [0.29, 0.717) is 35.2 Å². The van der Waals surface area contributed by atoms with Crippen LogP contribution < -0.4 is 15.4 Å². The minimum atomic E-state index is -0.242. The van der Waals surface area contributed by atoms with Crippen LogP contribution in [0.4, 0.5) is 16.2 Å². The first-order chi connectivity index (χ1) is 10.9. The second-order valence-corrected chi connectivity index (χ2v) is 6.16. The number of urea groups is 1. The van der Waals surface area contributed by atoms with Crippen molar-refractivity contribution in [2.45, 2.75) is 26.1 Å². The topological polar surface area (TPSA) is 79.9 Å². The molecule has 2 N–H and O–H groups in total. The Morgan fingerprint density at radius 1 is 1.35 bits per heavy atom. The lowest BCUT2D eigenvalue weighted by Crippen LogP contribution is -2.49. The predicted octanol–water partition coefficient (Wildman–Crippen LogP) is 2.31. The Kier molecular flexibility index (Phi) is 4.32. The molecule has 0 aliphatic carbocycles. The zero-order valence-corrected chi connectivity index (χ0v) is 13.6. The molecule has 124 valence electrons. The van der Waals surface area contributed by atoms with Gasteiger partial charge in [-0.2, -0.15) is 0 Å². The number of halogens is 1. The second kappa shape index (κ2) is 6.25. The average molecular weight is 340 g/mol. The van der Waals surface area contributed by atoms with Crippen molar-refractivity contribution in [3.05, 3.63) is 17.2 Å². The van der Waals surface area contributed by atoms with Gasteiger partial charge in [0.2, 0.25) is 0 Å². The number of hydrogen-bond donors (Lipinski definition) is 2. The summed E-state index contributed by atoms with van der Waals surface area (Å²) in [5.41, 5.74) is 0.941. The third-order valence-corrected chi connectivity index (χ3v) is 3.96. The highest BCUT2D eigenvalue weighted by molar-refractivity contribution is 6.34. The van der Waals surface area contributed by atoms with E-state index in [4.69, 9.17) is 21.1 Å². The molecule has 2 heterocycles. The molecule has 0 aromatic heterocycles. The van der Waals surface area contributed by atoms with Crippen molar-refractivity contribution < 1.29 is 19.1 Å². The highest BCUT2D eigenvalue weighted by atomic mass is 35.5. The lowest BCUT2D eigenvalue weighted by molar-refractivity contribution is -0.118. The number of hydrogen-bond acceptors (Lipinski definition) is 4. The Morgan fingerprint density at radius 2 is 2.04 bits per heavy atom. The molecule has 3 amide bonds. The zero-order valence-electron chi connectivity index (χ0n) is 12.9. The lowest BCUT2D eigenvalue weighted by atomic mass is 10.2. The molecule has 23 heavy (non-hydrogen) atoms. The molecule has 0 saturated carbocycles. The van der Waals surface area contributed by atoms with Crippen molar-refractivity contribution in [3.8, 4) is 5.75 Å². The van der Waals surface area contributed by atoms with Crippen LogP contribution in [0.15, 0.2) is 12.1 Å². The van der Waals surface area contributed by atoms with Crippen LogP contribution in [0.1, 0.15) is 13.8 Å². The van der Waals surface area contributed by atoms with E-state index in [9.17, 15) is 9.59 Å². The van der Waals surface area contributed by atoms with Crippen LogP contribution >= 0.6 is 11.6 Å². The van der Waals surface area contributed by atoms with E-state index in [0.717, 1.165) is 0 Å². The van der Waals surface area contributed by atoms with Gasteiger partial charge in [-0.05, 0) is 19.9 Å². The van der Waals surface area contributed by atoms with Crippen molar-refractivity contribution in [2.24, 2.45) is 0 Å². The monoisotopic (exact) mass is 339 g/mol. The Hall–Kier alpha value is -1.99. The number of carbonyl (C=O) groups is 2. The molecule has 0 radical (unpaired) electrons. The van der Waals surface area contributed by atoms with Gasteiger partial charge in [0.1, 0.15) is 5.75 Å². The molecule has 0 bridgehead atoms. The fourth-order valence-corrected chi connectivity index (χ4v) is 2.94. The number of benzene rings is 1. The van der Waals surface area contributed by atoms with Gasteiger partial charge in [0, 0.05) is 19.2 Å². The van der Waals surface area contributed by atoms with Crippen LogP contribution in [-0.2, 0) is 9.53 Å². The van der Waals surface area contributed by atoms with Crippen LogP contribution in [0.25, 0.3) is 0 Å². The van der Waals surface area contributed by atoms with E-state index >= 15 is 0 Å². The summed E-state index contributed by atoms with van der Waals surface area (Å²) in [5.74, 6) is 0.245. The lowest BCUT2D eigenvalue weighted by Gasteiger charge is -2.35. The van der Waals surface area contributed by atoms with Gasteiger partial charge in [-0.25, -0.2) is 4.79 Å². The summed E-state index contributed by atoms with van der Waals surface area (Å²) in [6, 6.07) is 2.94. The number of rotatable bonds is 1. The number of nitrogens with one attached hydrogen (secondary N) is 2. The predicted molar refractivity (Wildman–Crippen MR) is 86.2 cm³/mol. The fraction of sp³-hybridized carbons (Fsp3) is 0.467. The van der Waals surface area contributed by atoms with Gasteiger partial charge in [0.05, 0.1) is 28.6 Å². The second-order valence-electron chi connectivity index (χ2n) is 5.76. The number of ether oxygens (including phenoxy) is 2. The van der Waals surface area contributed by atoms with Crippen molar-refractivity contribution in [3.63, 3.8) is 0 Å². The number of morpholine rings is 1. The van der Waals surface area contributed by atoms with E-state index < -0.39 is 0 Å². The van der Waals surface area contributed by atoms with Crippen LogP contribution in [0.2, 0.25) is 5.02 Å². The van der Waals surface area contributed by atoms with Gasteiger partial charge in [0.15, 0.2) is 6.61 Å². The highest BCUT2D eigenvalue weighted by Gasteiger charge is 2.27. The van der Waals surface area contributed by atoms with E-state index in [1.807, 2.05) is 13.8 Å². The summed E-state index contributed by atoms with van der Waals surface area (Å²) in [6.45, 7) is 4.84. The van der Waals surface area contributed by atoms with Crippen LogP contribution in [0.5, 0.6) is 5.75 Å². The molecule has 2 atom stereocenters. The van der Waals surface area contributed by atoms with Crippen LogP contribution in [0, 0.1) is 0 Å². The van der Waals surface area contributed by atoms with E-state index in [1.165, 1.54) is 0 Å². The van der Waals surface area contributed by atoms with Gasteiger partial charge in [0.25, 0.3) is 5.91 Å². The number of anilines is 2. The smallest absolute Gasteiger partial charge is 0.322 e.